The molecule has 1 unspecified atom stereocenters. The smallest absolute Gasteiger partial charge is 0.0938 e. The summed E-state index contributed by atoms with van der Waals surface area (Å²) in [5.74, 6) is 1.45. The van der Waals surface area contributed by atoms with Crippen LogP contribution in [0.1, 0.15) is 32.2 Å². The second-order valence-electron chi connectivity index (χ2n) is 5.77. The second-order valence-corrected chi connectivity index (χ2v) is 6.89. The fourth-order valence-corrected chi connectivity index (χ4v) is 3.10. The summed E-state index contributed by atoms with van der Waals surface area (Å²) in [6.07, 6.45) is 2.31. The summed E-state index contributed by atoms with van der Waals surface area (Å²) < 4.78 is 1.31. The molecule has 2 rings (SSSR count). The summed E-state index contributed by atoms with van der Waals surface area (Å²) in [6, 6.07) is 8.40. The number of benzene rings is 1. The van der Waals surface area contributed by atoms with Gasteiger partial charge < -0.3 is 5.32 Å². The lowest BCUT2D eigenvalue weighted by Gasteiger charge is -2.13. The first-order valence-electron chi connectivity index (χ1n) is 7.20. The number of hydrogen-bond acceptors (Lipinski definition) is 3. The number of fused-ring (bicyclic) bond motifs is 1. The molecule has 0 aliphatic carbocycles. The molecule has 1 aromatic heterocycles. The van der Waals surface area contributed by atoms with Crippen LogP contribution in [-0.2, 0) is 6.42 Å². The third-order valence-corrected chi connectivity index (χ3v) is 4.33. The predicted molar refractivity (Wildman–Crippen MR) is 84.8 cm³/mol. The summed E-state index contributed by atoms with van der Waals surface area (Å²) in [4.78, 5) is 4.69. The van der Waals surface area contributed by atoms with Gasteiger partial charge in [-0.3, -0.25) is 0 Å². The minimum absolute atomic E-state index is 0.714. The molecule has 1 heterocycles. The Morgan fingerprint density at radius 1 is 1.16 bits per heavy atom. The highest BCUT2D eigenvalue weighted by molar-refractivity contribution is 7.18. The van der Waals surface area contributed by atoms with Crippen molar-refractivity contribution >= 4 is 21.6 Å². The van der Waals surface area contributed by atoms with Crippen molar-refractivity contribution in [1.29, 1.82) is 0 Å². The van der Waals surface area contributed by atoms with E-state index >= 15 is 0 Å². The van der Waals surface area contributed by atoms with Crippen LogP contribution in [0.25, 0.3) is 10.2 Å². The van der Waals surface area contributed by atoms with Gasteiger partial charge in [-0.05, 0) is 49.9 Å². The van der Waals surface area contributed by atoms with Crippen LogP contribution >= 0.6 is 11.3 Å². The number of aryl methyl sites for hydroxylation is 1. The van der Waals surface area contributed by atoms with Crippen LogP contribution in [0.2, 0.25) is 0 Å². The average Bonchev–Trinajstić information content (AvgIpc) is 2.78. The molecule has 0 bridgehead atoms. The quantitative estimate of drug-likeness (QED) is 0.823. The summed E-state index contributed by atoms with van der Waals surface area (Å²) in [6.45, 7) is 9.05. The SMILES string of the molecule is CC(C)CNCC(C)CCc1nc2ccccc2s1. The maximum Gasteiger partial charge on any atom is 0.0938 e. The summed E-state index contributed by atoms with van der Waals surface area (Å²) in [5, 5.41) is 4.81. The molecular formula is C16H24N2S. The van der Waals surface area contributed by atoms with Crippen LogP contribution in [0.4, 0.5) is 0 Å². The van der Waals surface area contributed by atoms with Crippen LogP contribution < -0.4 is 5.32 Å². The first kappa shape index (κ1) is 14.5. The number of thiazole rings is 1. The number of nitrogens with one attached hydrogen (secondary N) is 1. The van der Waals surface area contributed by atoms with Crippen molar-refractivity contribution in [2.45, 2.75) is 33.6 Å². The van der Waals surface area contributed by atoms with Crippen LogP contribution in [0.3, 0.4) is 0 Å². The minimum atomic E-state index is 0.714. The molecule has 104 valence electrons. The number of hydrogen-bond donors (Lipinski definition) is 1. The number of nitrogens with zero attached hydrogens (tertiary/aromatic N) is 1. The number of aromatic nitrogens is 1. The molecule has 0 amide bonds. The van der Waals surface area contributed by atoms with E-state index in [2.05, 4.69) is 50.4 Å². The third kappa shape index (κ3) is 4.59. The van der Waals surface area contributed by atoms with Crippen LogP contribution in [-0.4, -0.2) is 18.1 Å². The minimum Gasteiger partial charge on any atom is -0.316 e. The lowest BCUT2D eigenvalue weighted by molar-refractivity contribution is 0.454. The van der Waals surface area contributed by atoms with E-state index in [4.69, 9.17) is 4.98 Å². The van der Waals surface area contributed by atoms with Gasteiger partial charge in [0.25, 0.3) is 0 Å². The topological polar surface area (TPSA) is 24.9 Å². The van der Waals surface area contributed by atoms with Crippen molar-refractivity contribution in [1.82, 2.24) is 10.3 Å². The Kier molecular flexibility index (Phi) is 5.34. The lowest BCUT2D eigenvalue weighted by atomic mass is 10.1. The monoisotopic (exact) mass is 276 g/mol. The van der Waals surface area contributed by atoms with Gasteiger partial charge in [0.15, 0.2) is 0 Å². The molecule has 1 atom stereocenters. The van der Waals surface area contributed by atoms with Gasteiger partial charge >= 0.3 is 0 Å². The van der Waals surface area contributed by atoms with Gasteiger partial charge in [0, 0.05) is 0 Å². The fourth-order valence-electron chi connectivity index (χ4n) is 2.12. The Balaban J connectivity index is 1.78. The van der Waals surface area contributed by atoms with Crippen LogP contribution in [0, 0.1) is 11.8 Å². The molecule has 0 aliphatic heterocycles. The van der Waals surface area contributed by atoms with E-state index < -0.39 is 0 Å². The van der Waals surface area contributed by atoms with Gasteiger partial charge in [-0.2, -0.15) is 0 Å². The molecule has 2 nitrogen and oxygen atoms in total. The Hall–Kier alpha value is -0.930. The highest BCUT2D eigenvalue weighted by atomic mass is 32.1. The van der Waals surface area contributed by atoms with Crippen molar-refractivity contribution in [2.75, 3.05) is 13.1 Å². The highest BCUT2D eigenvalue weighted by Crippen LogP contribution is 2.23. The molecule has 0 saturated heterocycles. The second kappa shape index (κ2) is 7.01. The summed E-state index contributed by atoms with van der Waals surface area (Å²) in [5.41, 5.74) is 1.15. The van der Waals surface area contributed by atoms with Crippen molar-refractivity contribution in [3.63, 3.8) is 0 Å². The third-order valence-electron chi connectivity index (χ3n) is 3.23. The summed E-state index contributed by atoms with van der Waals surface area (Å²) in [7, 11) is 0. The maximum atomic E-state index is 4.69. The first-order valence-corrected chi connectivity index (χ1v) is 8.02. The van der Waals surface area contributed by atoms with Crippen molar-refractivity contribution in [2.24, 2.45) is 11.8 Å². The average molecular weight is 276 g/mol. The number of para-hydroxylation sites is 1. The molecule has 0 fully saturated rings. The Bertz CT molecular complexity index is 471. The van der Waals surface area contributed by atoms with Crippen LogP contribution in [0.15, 0.2) is 24.3 Å². The normalized spacial score (nSPS) is 13.3. The van der Waals surface area contributed by atoms with E-state index in [0.29, 0.717) is 5.92 Å². The Morgan fingerprint density at radius 2 is 1.95 bits per heavy atom. The molecule has 0 spiro atoms. The fraction of sp³-hybridized carbons (Fsp3) is 0.562. The molecule has 2 aromatic rings. The Labute approximate surface area is 120 Å². The van der Waals surface area contributed by atoms with Gasteiger partial charge in [-0.15, -0.1) is 11.3 Å². The Morgan fingerprint density at radius 3 is 2.68 bits per heavy atom. The largest absolute Gasteiger partial charge is 0.316 e. The zero-order chi connectivity index (χ0) is 13.7. The molecule has 3 heteroatoms. The van der Waals surface area contributed by atoms with Gasteiger partial charge in [0.2, 0.25) is 0 Å². The lowest BCUT2D eigenvalue weighted by Crippen LogP contribution is -2.25. The van der Waals surface area contributed by atoms with Gasteiger partial charge in [-0.25, -0.2) is 4.98 Å². The maximum absolute atomic E-state index is 4.69. The van der Waals surface area contributed by atoms with E-state index in [9.17, 15) is 0 Å². The zero-order valence-electron chi connectivity index (χ0n) is 12.1. The molecule has 0 aliphatic rings. The van der Waals surface area contributed by atoms with Gasteiger partial charge in [0.1, 0.15) is 0 Å². The zero-order valence-corrected chi connectivity index (χ0v) is 13.0. The molecule has 1 N–H and O–H groups in total. The van der Waals surface area contributed by atoms with Crippen LogP contribution in [0.5, 0.6) is 0 Å². The molecule has 0 radical (unpaired) electrons. The molecule has 0 saturated carbocycles. The summed E-state index contributed by atoms with van der Waals surface area (Å²) >= 11 is 1.84. The van der Waals surface area contributed by atoms with Crippen molar-refractivity contribution < 1.29 is 0 Å². The van der Waals surface area contributed by atoms with E-state index in [-0.39, 0.29) is 0 Å². The molecule has 1 aromatic carbocycles. The van der Waals surface area contributed by atoms with Gasteiger partial charge in [0.05, 0.1) is 15.2 Å². The molecule has 19 heavy (non-hydrogen) atoms. The van der Waals surface area contributed by atoms with Crippen molar-refractivity contribution in [3.05, 3.63) is 29.3 Å². The number of rotatable bonds is 7. The van der Waals surface area contributed by atoms with Gasteiger partial charge in [-0.1, -0.05) is 32.9 Å². The molecular weight excluding hydrogens is 252 g/mol. The van der Waals surface area contributed by atoms with Crippen molar-refractivity contribution in [3.8, 4) is 0 Å². The predicted octanol–water partition coefficient (Wildman–Crippen LogP) is 4.11. The standard InChI is InChI=1S/C16H24N2S/c1-12(2)10-17-11-13(3)8-9-16-18-14-6-4-5-7-15(14)19-16/h4-7,12-13,17H,8-11H2,1-3H3. The van der Waals surface area contributed by atoms with E-state index in [1.54, 1.807) is 0 Å². The highest BCUT2D eigenvalue weighted by Gasteiger charge is 2.07. The van der Waals surface area contributed by atoms with E-state index in [1.807, 2.05) is 11.3 Å². The first-order chi connectivity index (χ1) is 9.15. The van der Waals surface area contributed by atoms with E-state index in [0.717, 1.165) is 30.9 Å². The van der Waals surface area contributed by atoms with E-state index in [1.165, 1.54) is 16.1 Å².